The number of aliphatic hydroxyl groups is 1. The van der Waals surface area contributed by atoms with Crippen LogP contribution in [-0.4, -0.2) is 34.6 Å². The van der Waals surface area contributed by atoms with Gasteiger partial charge in [0.05, 0.1) is 23.7 Å². The van der Waals surface area contributed by atoms with Gasteiger partial charge in [0.1, 0.15) is 5.82 Å². The van der Waals surface area contributed by atoms with Crippen molar-refractivity contribution in [2.45, 2.75) is 12.5 Å². The van der Waals surface area contributed by atoms with Crippen molar-refractivity contribution in [1.82, 2.24) is 4.90 Å². The molecule has 1 aromatic rings. The maximum absolute atomic E-state index is 13.4. The largest absolute Gasteiger partial charge is 0.386 e. The van der Waals surface area contributed by atoms with Gasteiger partial charge in [-0.1, -0.05) is 17.7 Å². The second-order valence-electron chi connectivity index (χ2n) is 4.66. The van der Waals surface area contributed by atoms with Crippen LogP contribution < -0.4 is 0 Å². The first-order valence-electron chi connectivity index (χ1n) is 5.52. The number of halogens is 2. The van der Waals surface area contributed by atoms with Gasteiger partial charge in [-0.25, -0.2) is 4.39 Å². The Bertz CT molecular complexity index is 485. The molecule has 3 nitrogen and oxygen atoms in total. The van der Waals surface area contributed by atoms with Crippen LogP contribution in [0.4, 0.5) is 4.39 Å². The van der Waals surface area contributed by atoms with Crippen molar-refractivity contribution < 1.29 is 14.3 Å². The first kappa shape index (κ1) is 13.1. The summed E-state index contributed by atoms with van der Waals surface area (Å²) in [7, 11) is 0. The third kappa shape index (κ3) is 2.71. The van der Waals surface area contributed by atoms with E-state index in [0.29, 0.717) is 13.1 Å². The van der Waals surface area contributed by atoms with Gasteiger partial charge in [-0.15, -0.1) is 0 Å². The molecule has 0 unspecified atom stereocenters. The van der Waals surface area contributed by atoms with E-state index in [-0.39, 0.29) is 16.5 Å². The summed E-state index contributed by atoms with van der Waals surface area (Å²) < 4.78 is 13.4. The molecular formula is C13H13ClFNO2. The van der Waals surface area contributed by atoms with Crippen molar-refractivity contribution in [2.75, 3.05) is 13.1 Å². The number of carbonyl (C=O) groups is 1. The van der Waals surface area contributed by atoms with Crippen molar-refractivity contribution in [3.8, 4) is 0 Å². The Morgan fingerprint density at radius 2 is 2.22 bits per heavy atom. The number of hydrogen-bond donors (Lipinski definition) is 1. The average molecular weight is 270 g/mol. The summed E-state index contributed by atoms with van der Waals surface area (Å²) in [5.41, 5.74) is -0.612. The van der Waals surface area contributed by atoms with Gasteiger partial charge in [-0.05, 0) is 25.1 Å². The van der Waals surface area contributed by atoms with Crippen molar-refractivity contribution in [3.05, 3.63) is 40.7 Å². The molecule has 0 aliphatic carbocycles. The van der Waals surface area contributed by atoms with Gasteiger partial charge in [0, 0.05) is 11.6 Å². The van der Waals surface area contributed by atoms with E-state index in [2.05, 4.69) is 0 Å². The van der Waals surface area contributed by atoms with Crippen LogP contribution in [0.2, 0.25) is 5.02 Å². The van der Waals surface area contributed by atoms with E-state index in [4.69, 9.17) is 11.6 Å². The van der Waals surface area contributed by atoms with Crippen LogP contribution in [0.5, 0.6) is 0 Å². The maximum Gasteiger partial charge on any atom is 0.246 e. The Morgan fingerprint density at radius 1 is 1.56 bits per heavy atom. The van der Waals surface area contributed by atoms with Crippen LogP contribution in [0.15, 0.2) is 24.3 Å². The van der Waals surface area contributed by atoms with E-state index in [1.54, 1.807) is 13.0 Å². The topological polar surface area (TPSA) is 40.5 Å². The SMILES string of the molecule is CC1(O)CN(C(=O)C=Cc2c(F)cccc2Cl)C1. The Labute approximate surface area is 109 Å². The highest BCUT2D eigenvalue weighted by molar-refractivity contribution is 6.32. The van der Waals surface area contributed by atoms with E-state index in [0.717, 1.165) is 0 Å². The standard InChI is InChI=1S/C13H13ClFNO2/c1-13(18)7-16(8-13)12(17)6-5-9-10(14)3-2-4-11(9)15/h2-6,18H,7-8H2,1H3. The highest BCUT2D eigenvalue weighted by Gasteiger charge is 2.38. The molecule has 1 aliphatic rings. The number of rotatable bonds is 2. The molecule has 0 radical (unpaired) electrons. The first-order chi connectivity index (χ1) is 8.39. The molecule has 0 spiro atoms. The van der Waals surface area contributed by atoms with Crippen molar-refractivity contribution in [2.24, 2.45) is 0 Å². The average Bonchev–Trinajstić information content (AvgIpc) is 2.24. The van der Waals surface area contributed by atoms with E-state index >= 15 is 0 Å². The molecule has 0 aromatic heterocycles. The molecule has 1 amide bonds. The maximum atomic E-state index is 13.4. The van der Waals surface area contributed by atoms with E-state index < -0.39 is 11.4 Å². The highest BCUT2D eigenvalue weighted by Crippen LogP contribution is 2.22. The zero-order chi connectivity index (χ0) is 13.3. The van der Waals surface area contributed by atoms with Crippen LogP contribution in [0.3, 0.4) is 0 Å². The molecular weight excluding hydrogens is 257 g/mol. The number of β-amino-alcohol motifs (C(OH)–C–C–N with tert-alkyl or cyclic N) is 1. The summed E-state index contributed by atoms with van der Waals surface area (Å²) >= 11 is 5.83. The smallest absolute Gasteiger partial charge is 0.246 e. The summed E-state index contributed by atoms with van der Waals surface area (Å²) in [4.78, 5) is 13.1. The van der Waals surface area contributed by atoms with Crippen LogP contribution in [0.1, 0.15) is 12.5 Å². The van der Waals surface area contributed by atoms with Crippen molar-refractivity contribution in [1.29, 1.82) is 0 Å². The lowest BCUT2D eigenvalue weighted by Gasteiger charge is -2.43. The Morgan fingerprint density at radius 3 is 2.78 bits per heavy atom. The quantitative estimate of drug-likeness (QED) is 0.835. The predicted molar refractivity (Wildman–Crippen MR) is 67.6 cm³/mol. The van der Waals surface area contributed by atoms with Gasteiger partial charge in [0.2, 0.25) is 5.91 Å². The molecule has 1 fully saturated rings. The third-order valence-electron chi connectivity index (χ3n) is 2.77. The number of likely N-dealkylation sites (tertiary alicyclic amines) is 1. The van der Waals surface area contributed by atoms with Crippen LogP contribution in [0.25, 0.3) is 6.08 Å². The van der Waals surface area contributed by atoms with E-state index in [1.807, 2.05) is 0 Å². The van der Waals surface area contributed by atoms with Crippen LogP contribution in [0, 0.1) is 5.82 Å². The van der Waals surface area contributed by atoms with Crippen LogP contribution in [-0.2, 0) is 4.79 Å². The fraction of sp³-hybridized carbons (Fsp3) is 0.308. The van der Waals surface area contributed by atoms with E-state index in [9.17, 15) is 14.3 Å². The monoisotopic (exact) mass is 269 g/mol. The number of amides is 1. The van der Waals surface area contributed by atoms with Gasteiger partial charge in [0.25, 0.3) is 0 Å². The molecule has 1 N–H and O–H groups in total. The molecule has 1 heterocycles. The molecule has 5 heteroatoms. The minimum atomic E-state index is -0.806. The number of benzene rings is 1. The minimum absolute atomic E-state index is 0.194. The van der Waals surface area contributed by atoms with Crippen molar-refractivity contribution in [3.63, 3.8) is 0 Å². The zero-order valence-corrected chi connectivity index (χ0v) is 10.6. The highest BCUT2D eigenvalue weighted by atomic mass is 35.5. The molecule has 1 aliphatic heterocycles. The first-order valence-corrected chi connectivity index (χ1v) is 5.90. The summed E-state index contributed by atoms with van der Waals surface area (Å²) in [5.74, 6) is -0.733. The second-order valence-corrected chi connectivity index (χ2v) is 5.07. The van der Waals surface area contributed by atoms with E-state index in [1.165, 1.54) is 29.2 Å². The minimum Gasteiger partial charge on any atom is -0.386 e. The normalized spacial score (nSPS) is 17.9. The number of hydrogen-bond acceptors (Lipinski definition) is 2. The molecule has 1 saturated heterocycles. The van der Waals surface area contributed by atoms with Gasteiger partial charge in [0.15, 0.2) is 0 Å². The zero-order valence-electron chi connectivity index (χ0n) is 9.86. The molecule has 18 heavy (non-hydrogen) atoms. The second kappa shape index (κ2) is 4.71. The molecule has 96 valence electrons. The summed E-state index contributed by atoms with van der Waals surface area (Å²) in [6.07, 6.45) is 2.62. The lowest BCUT2D eigenvalue weighted by Crippen LogP contribution is -2.61. The van der Waals surface area contributed by atoms with Gasteiger partial charge in [-0.3, -0.25) is 4.79 Å². The summed E-state index contributed by atoms with van der Waals surface area (Å²) in [5, 5.41) is 9.77. The molecule has 0 saturated carbocycles. The molecule has 0 atom stereocenters. The van der Waals surface area contributed by atoms with Crippen molar-refractivity contribution >= 4 is 23.6 Å². The number of carbonyl (C=O) groups excluding carboxylic acids is 1. The Balaban J connectivity index is 2.06. The molecule has 1 aromatic carbocycles. The van der Waals surface area contributed by atoms with Gasteiger partial charge >= 0.3 is 0 Å². The Hall–Kier alpha value is -1.39. The third-order valence-corrected chi connectivity index (χ3v) is 3.10. The Kier molecular flexibility index (Phi) is 3.41. The number of nitrogens with zero attached hydrogens (tertiary/aromatic N) is 1. The summed E-state index contributed by atoms with van der Waals surface area (Å²) in [6, 6.07) is 4.34. The van der Waals surface area contributed by atoms with Gasteiger partial charge in [-0.2, -0.15) is 0 Å². The molecule has 2 rings (SSSR count). The van der Waals surface area contributed by atoms with Gasteiger partial charge < -0.3 is 10.0 Å². The molecule has 0 bridgehead atoms. The lowest BCUT2D eigenvalue weighted by atomic mass is 9.97. The predicted octanol–water partition coefficient (Wildman–Crippen LogP) is 2.09. The summed E-state index contributed by atoms with van der Waals surface area (Å²) in [6.45, 7) is 2.25. The fourth-order valence-corrected chi connectivity index (χ4v) is 2.09. The fourth-order valence-electron chi connectivity index (χ4n) is 1.86. The van der Waals surface area contributed by atoms with Crippen LogP contribution >= 0.6 is 11.6 Å². The lowest BCUT2D eigenvalue weighted by molar-refractivity contribution is -0.146.